The average Bonchev–Trinajstić information content (AvgIpc) is 2.49. The average molecular weight is 293 g/mol. The monoisotopic (exact) mass is 293 g/mol. The quantitative estimate of drug-likeness (QED) is 0.920. The molecule has 6 heteroatoms. The van der Waals surface area contributed by atoms with Crippen molar-refractivity contribution in [2.45, 2.75) is 33.2 Å². The van der Waals surface area contributed by atoms with E-state index in [-0.39, 0.29) is 18.2 Å². The Morgan fingerprint density at radius 2 is 1.86 bits per heavy atom. The lowest BCUT2D eigenvalue weighted by Gasteiger charge is -2.14. The number of benzene rings is 1. The molecule has 0 saturated carbocycles. The number of aryl methyl sites for hydroxylation is 1. The summed E-state index contributed by atoms with van der Waals surface area (Å²) in [5, 5.41) is 8.07. The van der Waals surface area contributed by atoms with Crippen molar-refractivity contribution in [3.05, 3.63) is 46.7 Å². The molecule has 21 heavy (non-hydrogen) atoms. The van der Waals surface area contributed by atoms with Crippen LogP contribution >= 0.6 is 0 Å². The molecule has 0 aliphatic carbocycles. The molecule has 0 amide bonds. The van der Waals surface area contributed by atoms with Gasteiger partial charge in [0.1, 0.15) is 5.82 Å². The summed E-state index contributed by atoms with van der Waals surface area (Å²) in [5.74, 6) is -1.40. The van der Waals surface area contributed by atoms with Crippen LogP contribution in [0, 0.1) is 11.6 Å². The lowest BCUT2D eigenvalue weighted by atomic mass is 10.0. The molecule has 2 rings (SSSR count). The summed E-state index contributed by atoms with van der Waals surface area (Å²) in [6.07, 6.45) is 1.46. The van der Waals surface area contributed by atoms with Gasteiger partial charge in [0.05, 0.1) is 5.69 Å². The second-order valence-corrected chi connectivity index (χ2v) is 4.50. The minimum absolute atomic E-state index is 0.105. The molecule has 1 heterocycles. The van der Waals surface area contributed by atoms with Crippen molar-refractivity contribution in [2.75, 3.05) is 0 Å². The van der Waals surface area contributed by atoms with Crippen LogP contribution in [0.15, 0.2) is 18.2 Å². The molecule has 4 nitrogen and oxygen atoms in total. The van der Waals surface area contributed by atoms with E-state index in [9.17, 15) is 8.78 Å². The topological polar surface area (TPSA) is 61.0 Å². The van der Waals surface area contributed by atoms with E-state index in [1.165, 1.54) is 6.07 Å². The molecule has 0 saturated heterocycles. The SMILES string of the molecule is CCc1nnc(Oc2ccc(F)cc2F)c(CN)c1CC. The fraction of sp³-hybridized carbons (Fsp3) is 0.333. The lowest BCUT2D eigenvalue weighted by molar-refractivity contribution is 0.411. The summed E-state index contributed by atoms with van der Waals surface area (Å²) < 4.78 is 32.0. The highest BCUT2D eigenvalue weighted by Crippen LogP contribution is 2.28. The minimum Gasteiger partial charge on any atom is -0.434 e. The first-order chi connectivity index (χ1) is 10.1. The van der Waals surface area contributed by atoms with Crippen molar-refractivity contribution < 1.29 is 13.5 Å². The summed E-state index contributed by atoms with van der Waals surface area (Å²) in [6, 6.07) is 3.09. The van der Waals surface area contributed by atoms with Gasteiger partial charge in [0.2, 0.25) is 5.88 Å². The Hall–Kier alpha value is -2.08. The maximum atomic E-state index is 13.7. The van der Waals surface area contributed by atoms with Gasteiger partial charge in [0, 0.05) is 18.2 Å². The minimum atomic E-state index is -0.794. The summed E-state index contributed by atoms with van der Waals surface area (Å²) in [7, 11) is 0. The third kappa shape index (κ3) is 3.16. The molecule has 112 valence electrons. The number of nitrogens with two attached hydrogens (primary N) is 1. The molecule has 1 aromatic carbocycles. The van der Waals surface area contributed by atoms with Gasteiger partial charge >= 0.3 is 0 Å². The normalized spacial score (nSPS) is 10.7. The number of aromatic nitrogens is 2. The molecule has 0 atom stereocenters. The Balaban J connectivity index is 2.44. The number of halogens is 2. The number of nitrogens with zero attached hydrogens (tertiary/aromatic N) is 2. The maximum absolute atomic E-state index is 13.7. The number of hydrogen-bond acceptors (Lipinski definition) is 4. The van der Waals surface area contributed by atoms with Gasteiger partial charge in [-0.3, -0.25) is 0 Å². The second-order valence-electron chi connectivity index (χ2n) is 4.50. The summed E-state index contributed by atoms with van der Waals surface area (Å²) in [5.41, 5.74) is 8.28. The van der Waals surface area contributed by atoms with E-state index in [0.717, 1.165) is 36.2 Å². The third-order valence-electron chi connectivity index (χ3n) is 3.23. The molecule has 0 aliphatic rings. The van der Waals surface area contributed by atoms with Crippen molar-refractivity contribution in [3.63, 3.8) is 0 Å². The number of rotatable bonds is 5. The van der Waals surface area contributed by atoms with Crippen LogP contribution < -0.4 is 10.5 Å². The highest BCUT2D eigenvalue weighted by atomic mass is 19.1. The Morgan fingerprint density at radius 3 is 2.43 bits per heavy atom. The zero-order chi connectivity index (χ0) is 15.4. The maximum Gasteiger partial charge on any atom is 0.243 e. The van der Waals surface area contributed by atoms with E-state index in [0.29, 0.717) is 5.56 Å². The van der Waals surface area contributed by atoms with Crippen molar-refractivity contribution in [1.29, 1.82) is 0 Å². The molecule has 2 N–H and O–H groups in total. The molecule has 0 aliphatic heterocycles. The van der Waals surface area contributed by atoms with Gasteiger partial charge in [-0.15, -0.1) is 5.10 Å². The van der Waals surface area contributed by atoms with Crippen molar-refractivity contribution in [3.8, 4) is 11.6 Å². The first-order valence-electron chi connectivity index (χ1n) is 6.80. The number of hydrogen-bond donors (Lipinski definition) is 1. The highest BCUT2D eigenvalue weighted by molar-refractivity contribution is 5.39. The van der Waals surface area contributed by atoms with Gasteiger partial charge in [0.15, 0.2) is 11.6 Å². The van der Waals surface area contributed by atoms with Gasteiger partial charge < -0.3 is 10.5 Å². The first-order valence-corrected chi connectivity index (χ1v) is 6.80. The van der Waals surface area contributed by atoms with Crippen LogP contribution in [-0.4, -0.2) is 10.2 Å². The van der Waals surface area contributed by atoms with Crippen molar-refractivity contribution in [2.24, 2.45) is 5.73 Å². The van der Waals surface area contributed by atoms with E-state index >= 15 is 0 Å². The van der Waals surface area contributed by atoms with Gasteiger partial charge in [-0.05, 0) is 30.5 Å². The predicted octanol–water partition coefficient (Wildman–Crippen LogP) is 3.13. The Morgan fingerprint density at radius 1 is 1.10 bits per heavy atom. The fourth-order valence-corrected chi connectivity index (χ4v) is 2.19. The van der Waals surface area contributed by atoms with Crippen molar-refractivity contribution >= 4 is 0 Å². The summed E-state index contributed by atoms with van der Waals surface area (Å²) in [4.78, 5) is 0. The van der Waals surface area contributed by atoms with Crippen LogP contribution in [0.2, 0.25) is 0 Å². The largest absolute Gasteiger partial charge is 0.434 e. The lowest BCUT2D eigenvalue weighted by Crippen LogP contribution is -2.11. The highest BCUT2D eigenvalue weighted by Gasteiger charge is 2.16. The molecule has 0 spiro atoms. The Kier molecular flexibility index (Phi) is 4.80. The number of ether oxygens (including phenoxy) is 1. The van der Waals surface area contributed by atoms with Crippen LogP contribution in [0.3, 0.4) is 0 Å². The van der Waals surface area contributed by atoms with Crippen LogP contribution in [0.1, 0.15) is 30.7 Å². The van der Waals surface area contributed by atoms with E-state index in [1.54, 1.807) is 0 Å². The molecule has 1 aromatic heterocycles. The van der Waals surface area contributed by atoms with Crippen LogP contribution in [0.5, 0.6) is 11.6 Å². The van der Waals surface area contributed by atoms with Gasteiger partial charge in [-0.1, -0.05) is 13.8 Å². The molecule has 2 aromatic rings. The van der Waals surface area contributed by atoms with Gasteiger partial charge in [-0.25, -0.2) is 8.78 Å². The first kappa shape index (κ1) is 15.3. The molecular weight excluding hydrogens is 276 g/mol. The smallest absolute Gasteiger partial charge is 0.243 e. The molecule has 0 unspecified atom stereocenters. The summed E-state index contributed by atoms with van der Waals surface area (Å²) in [6.45, 7) is 4.17. The van der Waals surface area contributed by atoms with E-state index in [2.05, 4.69) is 10.2 Å². The van der Waals surface area contributed by atoms with Crippen molar-refractivity contribution in [1.82, 2.24) is 10.2 Å². The van der Waals surface area contributed by atoms with Gasteiger partial charge in [0.25, 0.3) is 0 Å². The van der Waals surface area contributed by atoms with E-state index in [4.69, 9.17) is 10.5 Å². The van der Waals surface area contributed by atoms with Crippen LogP contribution in [0.4, 0.5) is 8.78 Å². The van der Waals surface area contributed by atoms with Crippen LogP contribution in [0.25, 0.3) is 0 Å². The predicted molar refractivity (Wildman–Crippen MR) is 75.1 cm³/mol. The Labute approximate surface area is 122 Å². The summed E-state index contributed by atoms with van der Waals surface area (Å²) >= 11 is 0. The third-order valence-corrected chi connectivity index (χ3v) is 3.23. The second kappa shape index (κ2) is 6.58. The fourth-order valence-electron chi connectivity index (χ4n) is 2.19. The molecule has 0 radical (unpaired) electrons. The zero-order valence-electron chi connectivity index (χ0n) is 12.0. The Bertz CT molecular complexity index is 647. The molecule has 0 bridgehead atoms. The van der Waals surface area contributed by atoms with E-state index in [1.807, 2.05) is 13.8 Å². The van der Waals surface area contributed by atoms with Crippen LogP contribution in [-0.2, 0) is 19.4 Å². The van der Waals surface area contributed by atoms with Gasteiger partial charge in [-0.2, -0.15) is 5.10 Å². The standard InChI is InChI=1S/C15H17F2N3O/c1-3-10-11(8-18)15(20-19-13(10)4-2)21-14-6-5-9(16)7-12(14)17/h5-7H,3-4,8,18H2,1-2H3. The molecular formula is C15H17F2N3O. The zero-order valence-corrected chi connectivity index (χ0v) is 12.0. The van der Waals surface area contributed by atoms with E-state index < -0.39 is 11.6 Å². The molecule has 0 fully saturated rings.